The Bertz CT molecular complexity index is 333. The topological polar surface area (TPSA) is 78.1 Å². The zero-order valence-corrected chi connectivity index (χ0v) is 9.29. The van der Waals surface area contributed by atoms with Gasteiger partial charge in [-0.3, -0.25) is 4.79 Å². The van der Waals surface area contributed by atoms with E-state index < -0.39 is 0 Å². The van der Waals surface area contributed by atoms with Crippen LogP contribution in [0.4, 0.5) is 0 Å². The van der Waals surface area contributed by atoms with E-state index in [1.54, 1.807) is 12.3 Å². The highest BCUT2D eigenvalue weighted by molar-refractivity contribution is 7.99. The monoisotopic (exact) mass is 227 g/mol. The number of carbonyl (C=O) groups excluding carboxylic acids is 1. The number of aromatic nitrogens is 2. The zero-order chi connectivity index (χ0) is 11.1. The molecule has 0 saturated heterocycles. The first-order chi connectivity index (χ1) is 7.22. The molecule has 0 fully saturated rings. The van der Waals surface area contributed by atoms with E-state index in [1.807, 2.05) is 6.92 Å². The Hall–Kier alpha value is -1.30. The average Bonchev–Trinajstić information content (AvgIpc) is 2.24. The minimum absolute atomic E-state index is 0.178. The van der Waals surface area contributed by atoms with Gasteiger partial charge in [0.2, 0.25) is 11.8 Å². The van der Waals surface area contributed by atoms with E-state index in [0.717, 1.165) is 6.42 Å². The summed E-state index contributed by atoms with van der Waals surface area (Å²) < 4.78 is 5.32. The highest BCUT2D eigenvalue weighted by Crippen LogP contribution is 2.15. The van der Waals surface area contributed by atoms with E-state index >= 15 is 0 Å². The Kier molecular flexibility index (Phi) is 4.89. The fourth-order valence-corrected chi connectivity index (χ4v) is 1.38. The zero-order valence-electron chi connectivity index (χ0n) is 8.47. The van der Waals surface area contributed by atoms with Crippen molar-refractivity contribution in [1.82, 2.24) is 9.97 Å². The molecule has 15 heavy (non-hydrogen) atoms. The molecule has 1 aromatic rings. The maximum atomic E-state index is 10.5. The van der Waals surface area contributed by atoms with Crippen molar-refractivity contribution < 1.29 is 9.53 Å². The van der Waals surface area contributed by atoms with Crippen LogP contribution in [-0.4, -0.2) is 28.2 Å². The normalized spacial score (nSPS) is 9.93. The molecule has 5 nitrogen and oxygen atoms in total. The second kappa shape index (κ2) is 6.23. The summed E-state index contributed by atoms with van der Waals surface area (Å²) in [5.74, 6) is 0.319. The molecule has 0 unspecified atom stereocenters. The van der Waals surface area contributed by atoms with Crippen LogP contribution >= 0.6 is 11.8 Å². The van der Waals surface area contributed by atoms with Crippen LogP contribution in [0.15, 0.2) is 17.4 Å². The molecule has 1 amide bonds. The summed E-state index contributed by atoms with van der Waals surface area (Å²) in [5.41, 5.74) is 5.01. The van der Waals surface area contributed by atoms with E-state index in [2.05, 4.69) is 9.97 Å². The third-order valence-electron chi connectivity index (χ3n) is 1.41. The lowest BCUT2D eigenvalue weighted by Crippen LogP contribution is -2.13. The molecule has 1 heterocycles. The van der Waals surface area contributed by atoms with Crippen molar-refractivity contribution in [1.29, 1.82) is 0 Å². The second-order valence-electron chi connectivity index (χ2n) is 2.78. The smallest absolute Gasteiger partial charge is 0.227 e. The second-order valence-corrected chi connectivity index (χ2v) is 3.72. The number of nitrogens with zero attached hydrogens (tertiary/aromatic N) is 2. The summed E-state index contributed by atoms with van der Waals surface area (Å²) in [6, 6.07) is 1.68. The fraction of sp³-hybridized carbons (Fsp3) is 0.444. The molecular weight excluding hydrogens is 214 g/mol. The van der Waals surface area contributed by atoms with E-state index in [4.69, 9.17) is 10.5 Å². The van der Waals surface area contributed by atoms with Crippen LogP contribution in [0.2, 0.25) is 0 Å². The lowest BCUT2D eigenvalue weighted by Gasteiger charge is -2.03. The molecule has 0 aliphatic heterocycles. The first-order valence-corrected chi connectivity index (χ1v) is 5.58. The number of rotatable bonds is 6. The Morgan fingerprint density at radius 2 is 2.47 bits per heavy atom. The van der Waals surface area contributed by atoms with Crippen molar-refractivity contribution in [3.8, 4) is 5.88 Å². The van der Waals surface area contributed by atoms with E-state index in [9.17, 15) is 4.79 Å². The molecule has 1 aromatic heterocycles. The largest absolute Gasteiger partial charge is 0.478 e. The number of amides is 1. The van der Waals surface area contributed by atoms with Crippen molar-refractivity contribution in [2.45, 2.75) is 18.5 Å². The van der Waals surface area contributed by atoms with Gasteiger partial charge in [0.1, 0.15) is 0 Å². The van der Waals surface area contributed by atoms with Crippen LogP contribution in [0.5, 0.6) is 5.88 Å². The van der Waals surface area contributed by atoms with Crippen LogP contribution in [0.25, 0.3) is 0 Å². The van der Waals surface area contributed by atoms with Crippen LogP contribution in [-0.2, 0) is 4.79 Å². The average molecular weight is 227 g/mol. The molecule has 1 rings (SSSR count). The van der Waals surface area contributed by atoms with Gasteiger partial charge < -0.3 is 10.5 Å². The maximum absolute atomic E-state index is 10.5. The minimum atomic E-state index is -0.386. The van der Waals surface area contributed by atoms with Crippen LogP contribution in [0.3, 0.4) is 0 Å². The number of thioether (sulfide) groups is 1. The Morgan fingerprint density at radius 3 is 3.13 bits per heavy atom. The lowest BCUT2D eigenvalue weighted by atomic mass is 10.5. The summed E-state index contributed by atoms with van der Waals surface area (Å²) in [5, 5.41) is 0.502. The highest BCUT2D eigenvalue weighted by Gasteiger charge is 2.02. The fourth-order valence-electron chi connectivity index (χ4n) is 0.817. The first-order valence-electron chi connectivity index (χ1n) is 4.59. The van der Waals surface area contributed by atoms with Gasteiger partial charge in [0.05, 0.1) is 12.4 Å². The van der Waals surface area contributed by atoms with Crippen LogP contribution in [0.1, 0.15) is 13.3 Å². The highest BCUT2D eigenvalue weighted by atomic mass is 32.2. The molecule has 0 aromatic carbocycles. The molecule has 0 aliphatic rings. The van der Waals surface area contributed by atoms with Gasteiger partial charge in [-0.15, -0.1) is 0 Å². The number of carbonyl (C=O) groups is 1. The molecule has 0 saturated carbocycles. The van der Waals surface area contributed by atoms with Gasteiger partial charge >= 0.3 is 0 Å². The summed E-state index contributed by atoms with van der Waals surface area (Å²) in [7, 11) is 0. The van der Waals surface area contributed by atoms with Gasteiger partial charge in [-0.05, 0) is 6.42 Å². The Balaban J connectivity index is 2.53. The van der Waals surface area contributed by atoms with Crippen LogP contribution in [0, 0.1) is 0 Å². The molecule has 0 aliphatic carbocycles. The standard InChI is InChI=1S/C9H13N3O2S/c1-2-5-14-8-3-4-11-9(12-8)15-6-7(10)13/h3-4H,2,5-6H2,1H3,(H2,10,13). The van der Waals surface area contributed by atoms with Crippen molar-refractivity contribution in [3.63, 3.8) is 0 Å². The molecule has 0 bridgehead atoms. The predicted molar refractivity (Wildman–Crippen MR) is 57.7 cm³/mol. The summed E-state index contributed by atoms with van der Waals surface area (Å²) >= 11 is 1.20. The summed E-state index contributed by atoms with van der Waals surface area (Å²) in [6.07, 6.45) is 2.52. The van der Waals surface area contributed by atoms with Gasteiger partial charge in [-0.2, -0.15) is 4.98 Å². The Morgan fingerprint density at radius 1 is 1.67 bits per heavy atom. The number of ether oxygens (including phenoxy) is 1. The number of hydrogen-bond donors (Lipinski definition) is 1. The van der Waals surface area contributed by atoms with Crippen molar-refractivity contribution in [2.24, 2.45) is 5.73 Å². The van der Waals surface area contributed by atoms with Gasteiger partial charge in [0, 0.05) is 12.3 Å². The predicted octanol–water partition coefficient (Wildman–Crippen LogP) is 0.843. The number of hydrogen-bond acceptors (Lipinski definition) is 5. The number of primary amides is 1. The molecule has 6 heteroatoms. The van der Waals surface area contributed by atoms with Crippen LogP contribution < -0.4 is 10.5 Å². The van der Waals surface area contributed by atoms with Gasteiger partial charge in [-0.25, -0.2) is 4.98 Å². The SMILES string of the molecule is CCCOc1ccnc(SCC(N)=O)n1. The van der Waals surface area contributed by atoms with E-state index in [-0.39, 0.29) is 11.7 Å². The number of nitrogens with two attached hydrogens (primary N) is 1. The van der Waals surface area contributed by atoms with Gasteiger partial charge in [0.25, 0.3) is 0 Å². The third kappa shape index (κ3) is 4.64. The molecule has 0 radical (unpaired) electrons. The van der Waals surface area contributed by atoms with E-state index in [0.29, 0.717) is 17.6 Å². The summed E-state index contributed by atoms with van der Waals surface area (Å²) in [4.78, 5) is 18.6. The summed E-state index contributed by atoms with van der Waals surface area (Å²) in [6.45, 7) is 2.64. The first kappa shape index (κ1) is 11.8. The molecular formula is C9H13N3O2S. The van der Waals surface area contributed by atoms with Crippen molar-refractivity contribution in [3.05, 3.63) is 12.3 Å². The molecule has 0 spiro atoms. The quantitative estimate of drug-likeness (QED) is 0.575. The van der Waals surface area contributed by atoms with Crippen molar-refractivity contribution in [2.75, 3.05) is 12.4 Å². The third-order valence-corrected chi connectivity index (χ3v) is 2.29. The van der Waals surface area contributed by atoms with Crippen molar-refractivity contribution >= 4 is 17.7 Å². The molecule has 82 valence electrons. The van der Waals surface area contributed by atoms with Gasteiger partial charge in [0.15, 0.2) is 5.16 Å². The Labute approximate surface area is 92.4 Å². The van der Waals surface area contributed by atoms with Gasteiger partial charge in [-0.1, -0.05) is 18.7 Å². The maximum Gasteiger partial charge on any atom is 0.227 e. The minimum Gasteiger partial charge on any atom is -0.478 e. The lowest BCUT2D eigenvalue weighted by molar-refractivity contribution is -0.115. The molecule has 2 N–H and O–H groups in total. The van der Waals surface area contributed by atoms with E-state index in [1.165, 1.54) is 11.8 Å². The molecule has 0 atom stereocenters.